The van der Waals surface area contributed by atoms with Gasteiger partial charge in [0.25, 0.3) is 11.8 Å². The number of hydrazine groups is 1. The van der Waals surface area contributed by atoms with Gasteiger partial charge in [-0.3, -0.25) is 15.0 Å². The van der Waals surface area contributed by atoms with E-state index >= 15 is 0 Å². The highest BCUT2D eigenvalue weighted by Crippen LogP contribution is 2.41. The van der Waals surface area contributed by atoms with Gasteiger partial charge in [0, 0.05) is 0 Å². The number of nitrogens with one attached hydrogen (secondary N) is 1. The molecule has 0 atom stereocenters. The molecule has 2 amide bonds. The van der Waals surface area contributed by atoms with E-state index in [9.17, 15) is 9.59 Å². The van der Waals surface area contributed by atoms with Gasteiger partial charge in [0.2, 0.25) is 5.75 Å². The number of carbonyl (C=O) groups excluding carboxylic acids is 2. The van der Waals surface area contributed by atoms with Crippen molar-refractivity contribution in [1.29, 1.82) is 0 Å². The van der Waals surface area contributed by atoms with Gasteiger partial charge in [-0.05, 0) is 56.7 Å². The molecule has 1 fully saturated rings. The van der Waals surface area contributed by atoms with E-state index in [0.29, 0.717) is 28.5 Å². The average Bonchev–Trinajstić information content (AvgIpc) is 2.96. The molecule has 1 aliphatic rings. The Kier molecular flexibility index (Phi) is 5.50. The molecule has 7 nitrogen and oxygen atoms in total. The number of para-hydroxylation sites is 1. The van der Waals surface area contributed by atoms with Crippen LogP contribution in [0.3, 0.4) is 0 Å². The summed E-state index contributed by atoms with van der Waals surface area (Å²) in [6.45, 7) is 5.75. The van der Waals surface area contributed by atoms with E-state index in [2.05, 4.69) is 5.43 Å². The molecular formula is C22H24N2O5. The lowest BCUT2D eigenvalue weighted by Crippen LogP contribution is -2.35. The smallest absolute Gasteiger partial charge is 0.282 e. The molecule has 7 heteroatoms. The number of amides is 2. The summed E-state index contributed by atoms with van der Waals surface area (Å²) in [5, 5.41) is 1.22. The first-order chi connectivity index (χ1) is 13.7. The number of hydrogen-bond acceptors (Lipinski definition) is 5. The second-order valence-electron chi connectivity index (χ2n) is 7.44. The number of nitrogens with zero attached hydrogens (tertiary/aromatic N) is 1. The highest BCUT2D eigenvalue weighted by atomic mass is 16.5. The van der Waals surface area contributed by atoms with Crippen molar-refractivity contribution in [3.8, 4) is 17.2 Å². The van der Waals surface area contributed by atoms with Gasteiger partial charge in [0.15, 0.2) is 11.5 Å². The van der Waals surface area contributed by atoms with Crippen LogP contribution >= 0.6 is 0 Å². The fourth-order valence-corrected chi connectivity index (χ4v) is 2.87. The SMILES string of the molecule is COc1cc(C=C2C(=O)NN(c3ccccc3)C2=O)cc(OC)c1OC(C)(C)C. The maximum Gasteiger partial charge on any atom is 0.282 e. The van der Waals surface area contributed by atoms with Crippen molar-refractivity contribution in [2.24, 2.45) is 0 Å². The minimum atomic E-state index is -0.480. The Morgan fingerprint density at radius 1 is 0.966 bits per heavy atom. The van der Waals surface area contributed by atoms with Crippen LogP contribution in [0.15, 0.2) is 48.0 Å². The molecule has 2 aromatic rings. The van der Waals surface area contributed by atoms with Gasteiger partial charge in [-0.25, -0.2) is 5.01 Å². The average molecular weight is 396 g/mol. The third-order valence-electron chi connectivity index (χ3n) is 4.11. The molecule has 0 saturated carbocycles. The van der Waals surface area contributed by atoms with Crippen molar-refractivity contribution in [1.82, 2.24) is 5.43 Å². The van der Waals surface area contributed by atoms with Crippen molar-refractivity contribution in [3.63, 3.8) is 0 Å². The Labute approximate surface area is 169 Å². The molecule has 0 aliphatic carbocycles. The zero-order valence-corrected chi connectivity index (χ0v) is 17.1. The first-order valence-corrected chi connectivity index (χ1v) is 9.10. The predicted molar refractivity (Wildman–Crippen MR) is 110 cm³/mol. The Morgan fingerprint density at radius 3 is 2.07 bits per heavy atom. The zero-order chi connectivity index (χ0) is 21.2. The summed E-state index contributed by atoms with van der Waals surface area (Å²) in [4.78, 5) is 25.2. The minimum absolute atomic E-state index is 0.0162. The lowest BCUT2D eigenvalue weighted by Gasteiger charge is -2.24. The number of ether oxygens (including phenoxy) is 3. The maximum atomic E-state index is 12.8. The van der Waals surface area contributed by atoms with Crippen molar-refractivity contribution in [2.45, 2.75) is 26.4 Å². The molecule has 0 spiro atoms. The second kappa shape index (κ2) is 7.87. The van der Waals surface area contributed by atoms with Crippen LogP contribution < -0.4 is 24.6 Å². The van der Waals surface area contributed by atoms with Gasteiger partial charge >= 0.3 is 0 Å². The minimum Gasteiger partial charge on any atom is -0.493 e. The lowest BCUT2D eigenvalue weighted by molar-refractivity contribution is -0.117. The Hall–Kier alpha value is -3.48. The van der Waals surface area contributed by atoms with Crippen molar-refractivity contribution >= 4 is 23.6 Å². The quantitative estimate of drug-likeness (QED) is 0.620. The molecule has 0 bridgehead atoms. The number of methoxy groups -OCH3 is 2. The third kappa shape index (κ3) is 4.34. The van der Waals surface area contributed by atoms with Crippen LogP contribution in [0.4, 0.5) is 5.69 Å². The zero-order valence-electron chi connectivity index (χ0n) is 17.1. The van der Waals surface area contributed by atoms with Crippen LogP contribution in [0, 0.1) is 0 Å². The monoisotopic (exact) mass is 396 g/mol. The summed E-state index contributed by atoms with van der Waals surface area (Å²) in [5.41, 5.74) is 3.29. The van der Waals surface area contributed by atoms with Crippen molar-refractivity contribution < 1.29 is 23.8 Å². The molecule has 0 radical (unpaired) electrons. The van der Waals surface area contributed by atoms with Crippen LogP contribution in [0.25, 0.3) is 6.08 Å². The van der Waals surface area contributed by atoms with E-state index in [-0.39, 0.29) is 5.57 Å². The summed E-state index contributed by atoms with van der Waals surface area (Å²) in [7, 11) is 3.04. The van der Waals surface area contributed by atoms with Gasteiger partial charge in [-0.2, -0.15) is 0 Å². The van der Waals surface area contributed by atoms with Crippen LogP contribution in [0.5, 0.6) is 17.2 Å². The van der Waals surface area contributed by atoms with Gasteiger partial charge in [-0.1, -0.05) is 18.2 Å². The van der Waals surface area contributed by atoms with Crippen LogP contribution in [0.2, 0.25) is 0 Å². The molecule has 152 valence electrons. The summed E-state index contributed by atoms with van der Waals surface area (Å²) < 4.78 is 16.9. The van der Waals surface area contributed by atoms with Crippen LogP contribution in [0.1, 0.15) is 26.3 Å². The largest absolute Gasteiger partial charge is 0.493 e. The first-order valence-electron chi connectivity index (χ1n) is 9.10. The molecule has 0 unspecified atom stereocenters. The molecule has 3 rings (SSSR count). The molecule has 1 N–H and O–H groups in total. The molecule has 1 aliphatic heterocycles. The number of carbonyl (C=O) groups is 2. The first kappa shape index (κ1) is 20.3. The molecule has 2 aromatic carbocycles. The second-order valence-corrected chi connectivity index (χ2v) is 7.44. The summed E-state index contributed by atoms with van der Waals surface area (Å²) in [6.07, 6.45) is 1.51. The summed E-state index contributed by atoms with van der Waals surface area (Å²) in [5.74, 6) is 0.424. The van der Waals surface area contributed by atoms with Gasteiger partial charge in [0.05, 0.1) is 19.9 Å². The van der Waals surface area contributed by atoms with E-state index in [1.54, 1.807) is 36.4 Å². The molecule has 1 heterocycles. The molecule has 29 heavy (non-hydrogen) atoms. The summed E-state index contributed by atoms with van der Waals surface area (Å²) in [6, 6.07) is 12.3. The molecular weight excluding hydrogens is 372 g/mol. The fraction of sp³-hybridized carbons (Fsp3) is 0.273. The summed E-state index contributed by atoms with van der Waals surface area (Å²) >= 11 is 0. The predicted octanol–water partition coefficient (Wildman–Crippen LogP) is 3.34. The number of hydrogen-bond donors (Lipinski definition) is 1. The fourth-order valence-electron chi connectivity index (χ4n) is 2.87. The van der Waals surface area contributed by atoms with E-state index in [1.807, 2.05) is 26.8 Å². The van der Waals surface area contributed by atoms with Crippen molar-refractivity contribution in [2.75, 3.05) is 19.2 Å². The standard InChI is InChI=1S/C22H24N2O5/c1-22(2,3)29-19-17(27-4)12-14(13-18(19)28-5)11-16-20(25)23-24(21(16)26)15-9-7-6-8-10-15/h6-13H,1-5H3,(H,23,25). The number of rotatable bonds is 5. The maximum absolute atomic E-state index is 12.8. The Balaban J connectivity index is 1.99. The van der Waals surface area contributed by atoms with Crippen LogP contribution in [-0.4, -0.2) is 31.6 Å². The van der Waals surface area contributed by atoms with Gasteiger partial charge in [0.1, 0.15) is 11.2 Å². The molecule has 0 aromatic heterocycles. The Morgan fingerprint density at radius 2 is 1.55 bits per heavy atom. The van der Waals surface area contributed by atoms with Gasteiger partial charge in [-0.15, -0.1) is 0 Å². The lowest BCUT2D eigenvalue weighted by atomic mass is 10.1. The van der Waals surface area contributed by atoms with E-state index in [0.717, 1.165) is 0 Å². The normalized spacial score (nSPS) is 15.5. The van der Waals surface area contributed by atoms with E-state index < -0.39 is 17.4 Å². The highest BCUT2D eigenvalue weighted by Gasteiger charge is 2.34. The van der Waals surface area contributed by atoms with E-state index in [1.165, 1.54) is 25.3 Å². The molecule has 1 saturated heterocycles. The number of benzene rings is 2. The van der Waals surface area contributed by atoms with Crippen molar-refractivity contribution in [3.05, 3.63) is 53.6 Å². The van der Waals surface area contributed by atoms with Crippen LogP contribution in [-0.2, 0) is 9.59 Å². The van der Waals surface area contributed by atoms with E-state index in [4.69, 9.17) is 14.2 Å². The topological polar surface area (TPSA) is 77.1 Å². The number of anilines is 1. The Bertz CT molecular complexity index is 936. The third-order valence-corrected chi connectivity index (χ3v) is 4.11. The highest BCUT2D eigenvalue weighted by molar-refractivity contribution is 6.31. The van der Waals surface area contributed by atoms with Gasteiger partial charge < -0.3 is 14.2 Å².